The Bertz CT molecular complexity index is 1160. The van der Waals surface area contributed by atoms with Crippen molar-refractivity contribution in [3.8, 4) is 0 Å². The van der Waals surface area contributed by atoms with Crippen LogP contribution in [0.15, 0.2) is 39.4 Å². The number of rotatable bonds is 3. The summed E-state index contributed by atoms with van der Waals surface area (Å²) in [5.41, 5.74) is 2.96. The SMILES string of the molecule is Cc1ccc(N=NC=c2[nH]c(=O)c(=Cc3cnc(C(C)(C)C)s3)s2)c(C)c1. The van der Waals surface area contributed by atoms with E-state index in [9.17, 15) is 4.79 Å². The third kappa shape index (κ3) is 4.87. The second-order valence-electron chi connectivity index (χ2n) is 7.38. The molecular formula is C20H22N4OS2. The highest BCUT2D eigenvalue weighted by atomic mass is 32.1. The summed E-state index contributed by atoms with van der Waals surface area (Å²) in [5.74, 6) is 0. The molecule has 0 bridgehead atoms. The Morgan fingerprint density at radius 1 is 1.19 bits per heavy atom. The second kappa shape index (κ2) is 7.70. The average Bonchev–Trinajstić information content (AvgIpc) is 3.17. The van der Waals surface area contributed by atoms with Crippen molar-refractivity contribution in [1.82, 2.24) is 9.97 Å². The van der Waals surface area contributed by atoms with Gasteiger partial charge < -0.3 is 4.98 Å². The van der Waals surface area contributed by atoms with Crippen LogP contribution in [0.5, 0.6) is 0 Å². The van der Waals surface area contributed by atoms with E-state index in [1.54, 1.807) is 17.5 Å². The van der Waals surface area contributed by atoms with Crippen molar-refractivity contribution in [3.05, 3.63) is 65.0 Å². The standard InChI is InChI=1S/C20H22N4OS2/c1-12-6-7-15(13(2)8-12)24-22-11-17-23-18(25)16(27-17)9-14-10-21-19(26-14)20(3,4)5/h6-11H,1-5H3,(H,23,25). The summed E-state index contributed by atoms with van der Waals surface area (Å²) in [5, 5.41) is 9.40. The molecule has 0 saturated carbocycles. The molecule has 3 aromatic rings. The molecule has 7 heteroatoms. The molecule has 0 aliphatic rings. The van der Waals surface area contributed by atoms with Gasteiger partial charge in [0.25, 0.3) is 5.56 Å². The molecule has 0 fully saturated rings. The van der Waals surface area contributed by atoms with Gasteiger partial charge in [-0.1, -0.05) is 38.5 Å². The lowest BCUT2D eigenvalue weighted by atomic mass is 9.98. The number of aryl methyl sites for hydroxylation is 2. The van der Waals surface area contributed by atoms with Gasteiger partial charge in [0.05, 0.1) is 21.4 Å². The van der Waals surface area contributed by atoms with Gasteiger partial charge in [0, 0.05) is 16.5 Å². The van der Waals surface area contributed by atoms with Gasteiger partial charge in [0.15, 0.2) is 0 Å². The summed E-state index contributed by atoms with van der Waals surface area (Å²) >= 11 is 2.96. The Morgan fingerprint density at radius 2 is 1.96 bits per heavy atom. The van der Waals surface area contributed by atoms with E-state index >= 15 is 0 Å². The molecule has 0 saturated heterocycles. The fourth-order valence-corrected chi connectivity index (χ4v) is 4.21. The maximum absolute atomic E-state index is 12.2. The first-order chi connectivity index (χ1) is 12.7. The molecule has 27 heavy (non-hydrogen) atoms. The topological polar surface area (TPSA) is 70.5 Å². The smallest absolute Gasteiger partial charge is 0.266 e. The largest absolute Gasteiger partial charge is 0.312 e. The van der Waals surface area contributed by atoms with Crippen LogP contribution in [0.4, 0.5) is 5.69 Å². The van der Waals surface area contributed by atoms with Crippen LogP contribution in [0.25, 0.3) is 12.3 Å². The van der Waals surface area contributed by atoms with Crippen LogP contribution in [0.2, 0.25) is 0 Å². The maximum atomic E-state index is 12.2. The molecule has 2 heterocycles. The number of aromatic nitrogens is 2. The highest BCUT2D eigenvalue weighted by molar-refractivity contribution is 7.13. The Labute approximate surface area is 165 Å². The lowest BCUT2D eigenvalue weighted by molar-refractivity contribution is 0.585. The van der Waals surface area contributed by atoms with Crippen LogP contribution < -0.4 is 14.8 Å². The van der Waals surface area contributed by atoms with Crippen molar-refractivity contribution < 1.29 is 0 Å². The number of hydrogen-bond donors (Lipinski definition) is 1. The Kier molecular flexibility index (Phi) is 5.53. The van der Waals surface area contributed by atoms with Crippen molar-refractivity contribution in [3.63, 3.8) is 0 Å². The van der Waals surface area contributed by atoms with Gasteiger partial charge in [0.2, 0.25) is 0 Å². The van der Waals surface area contributed by atoms with Gasteiger partial charge in [-0.05, 0) is 31.6 Å². The monoisotopic (exact) mass is 398 g/mol. The molecule has 3 rings (SSSR count). The molecule has 1 N–H and O–H groups in total. The van der Waals surface area contributed by atoms with Crippen LogP contribution in [0.3, 0.4) is 0 Å². The van der Waals surface area contributed by atoms with E-state index in [2.05, 4.69) is 47.0 Å². The summed E-state index contributed by atoms with van der Waals surface area (Å²) < 4.78 is 1.30. The van der Waals surface area contributed by atoms with Crippen molar-refractivity contribution >= 4 is 40.6 Å². The average molecular weight is 399 g/mol. The fourth-order valence-electron chi connectivity index (χ4n) is 2.41. The minimum atomic E-state index is -0.126. The van der Waals surface area contributed by atoms with Crippen LogP contribution in [0, 0.1) is 13.8 Å². The van der Waals surface area contributed by atoms with E-state index in [0.717, 1.165) is 21.1 Å². The zero-order chi connectivity index (χ0) is 19.6. The van der Waals surface area contributed by atoms with E-state index in [1.165, 1.54) is 16.9 Å². The Balaban J connectivity index is 1.87. The zero-order valence-corrected chi connectivity index (χ0v) is 17.7. The number of nitrogens with zero attached hydrogens (tertiary/aromatic N) is 3. The third-order valence-corrected chi connectivity index (χ3v) is 6.13. The molecule has 0 aliphatic heterocycles. The molecule has 0 amide bonds. The molecule has 0 radical (unpaired) electrons. The number of hydrogen-bond acceptors (Lipinski definition) is 6. The first kappa shape index (κ1) is 19.4. The van der Waals surface area contributed by atoms with Crippen LogP contribution >= 0.6 is 22.7 Å². The van der Waals surface area contributed by atoms with Crippen LogP contribution in [-0.4, -0.2) is 9.97 Å². The number of azo groups is 1. The minimum Gasteiger partial charge on any atom is -0.312 e. The summed E-state index contributed by atoms with van der Waals surface area (Å²) in [4.78, 5) is 20.4. The molecule has 5 nitrogen and oxygen atoms in total. The highest BCUT2D eigenvalue weighted by Gasteiger charge is 2.17. The minimum absolute atomic E-state index is 0.00601. The van der Waals surface area contributed by atoms with E-state index in [4.69, 9.17) is 0 Å². The van der Waals surface area contributed by atoms with Gasteiger partial charge in [-0.3, -0.25) is 4.79 Å². The molecule has 2 aromatic heterocycles. The number of aromatic amines is 1. The maximum Gasteiger partial charge on any atom is 0.266 e. The summed E-state index contributed by atoms with van der Waals surface area (Å²) in [6.07, 6.45) is 5.26. The van der Waals surface area contributed by atoms with Gasteiger partial charge >= 0.3 is 0 Å². The number of nitrogens with one attached hydrogen (secondary N) is 1. The van der Waals surface area contributed by atoms with Crippen molar-refractivity contribution in [2.45, 2.75) is 40.0 Å². The highest BCUT2D eigenvalue weighted by Crippen LogP contribution is 2.26. The van der Waals surface area contributed by atoms with Crippen molar-refractivity contribution in [2.75, 3.05) is 0 Å². The number of benzene rings is 1. The molecule has 0 unspecified atom stereocenters. The normalized spacial score (nSPS) is 13.8. The summed E-state index contributed by atoms with van der Waals surface area (Å²) in [7, 11) is 0. The van der Waals surface area contributed by atoms with E-state index in [0.29, 0.717) is 9.20 Å². The van der Waals surface area contributed by atoms with E-state index in [-0.39, 0.29) is 11.0 Å². The Morgan fingerprint density at radius 3 is 2.63 bits per heavy atom. The van der Waals surface area contributed by atoms with Gasteiger partial charge in [-0.25, -0.2) is 4.98 Å². The van der Waals surface area contributed by atoms with Crippen molar-refractivity contribution in [2.24, 2.45) is 10.2 Å². The molecular weight excluding hydrogens is 376 g/mol. The number of thiazole rings is 2. The second-order valence-corrected chi connectivity index (χ2v) is 9.53. The first-order valence-electron chi connectivity index (χ1n) is 8.58. The van der Waals surface area contributed by atoms with Crippen LogP contribution in [-0.2, 0) is 5.41 Å². The first-order valence-corrected chi connectivity index (χ1v) is 10.2. The molecule has 140 valence electrons. The number of H-pyrrole nitrogens is 1. The molecule has 0 aliphatic carbocycles. The lowest BCUT2D eigenvalue weighted by Crippen LogP contribution is -2.19. The lowest BCUT2D eigenvalue weighted by Gasteiger charge is -2.13. The van der Waals surface area contributed by atoms with Gasteiger partial charge in [-0.2, -0.15) is 10.2 Å². The van der Waals surface area contributed by atoms with Gasteiger partial charge in [0.1, 0.15) is 4.66 Å². The molecule has 0 atom stereocenters. The molecule has 0 spiro atoms. The van der Waals surface area contributed by atoms with Crippen LogP contribution in [0.1, 0.15) is 41.8 Å². The third-order valence-electron chi connectivity index (χ3n) is 3.81. The fraction of sp³-hybridized carbons (Fsp3) is 0.300. The molecule has 1 aromatic carbocycles. The summed E-state index contributed by atoms with van der Waals surface area (Å²) in [6.45, 7) is 10.4. The zero-order valence-electron chi connectivity index (χ0n) is 16.0. The quantitative estimate of drug-likeness (QED) is 0.673. The van der Waals surface area contributed by atoms with E-state index < -0.39 is 0 Å². The predicted molar refractivity (Wildman–Crippen MR) is 113 cm³/mol. The summed E-state index contributed by atoms with van der Waals surface area (Å²) in [6, 6.07) is 6.01. The predicted octanol–water partition coefficient (Wildman–Crippen LogP) is 4.16. The van der Waals surface area contributed by atoms with E-state index in [1.807, 2.05) is 38.3 Å². The van der Waals surface area contributed by atoms with Crippen molar-refractivity contribution in [1.29, 1.82) is 0 Å². The Hall–Kier alpha value is -2.38. The van der Waals surface area contributed by atoms with Gasteiger partial charge in [-0.15, -0.1) is 22.7 Å².